The lowest BCUT2D eigenvalue weighted by atomic mass is 9.77. The van der Waals surface area contributed by atoms with Crippen LogP contribution in [-0.4, -0.2) is 35.2 Å². The van der Waals surface area contributed by atoms with E-state index in [4.69, 9.17) is 4.74 Å². The number of hydrogen-bond donors (Lipinski definition) is 1. The highest BCUT2D eigenvalue weighted by molar-refractivity contribution is 5.70. The molecule has 0 radical (unpaired) electrons. The standard InChI is InChI=1S/C19H30N2O2/c1-13(2)16-12-21(18(22)23-19(4,5)6)17(16)14(3)20-15-10-8-7-9-11-15/h7-11,13-14,16-17,20H,12H2,1-6H3. The predicted molar refractivity (Wildman–Crippen MR) is 94.6 cm³/mol. The van der Waals surface area contributed by atoms with Crippen molar-refractivity contribution in [1.82, 2.24) is 4.90 Å². The molecule has 4 nitrogen and oxygen atoms in total. The zero-order chi connectivity index (χ0) is 17.2. The van der Waals surface area contributed by atoms with E-state index in [-0.39, 0.29) is 18.2 Å². The molecule has 0 aromatic heterocycles. The molecule has 128 valence electrons. The Hall–Kier alpha value is -1.71. The highest BCUT2D eigenvalue weighted by atomic mass is 16.6. The van der Waals surface area contributed by atoms with Gasteiger partial charge in [-0.05, 0) is 45.7 Å². The SMILES string of the molecule is CC(C)C1CN(C(=O)OC(C)(C)C)C1C(C)Nc1ccccc1. The number of rotatable bonds is 4. The normalized spacial score (nSPS) is 22.5. The monoisotopic (exact) mass is 318 g/mol. The fourth-order valence-electron chi connectivity index (χ4n) is 3.20. The van der Waals surface area contributed by atoms with Gasteiger partial charge in [0, 0.05) is 24.2 Å². The van der Waals surface area contributed by atoms with Crippen LogP contribution >= 0.6 is 0 Å². The minimum atomic E-state index is -0.458. The summed E-state index contributed by atoms with van der Waals surface area (Å²) in [5.74, 6) is 1.03. The summed E-state index contributed by atoms with van der Waals surface area (Å²) in [5, 5.41) is 3.53. The van der Waals surface area contributed by atoms with E-state index in [2.05, 4.69) is 38.2 Å². The Morgan fingerprint density at radius 3 is 2.35 bits per heavy atom. The third kappa shape index (κ3) is 4.40. The number of carbonyl (C=O) groups excluding carboxylic acids is 1. The fourth-order valence-corrected chi connectivity index (χ4v) is 3.20. The molecule has 23 heavy (non-hydrogen) atoms. The summed E-state index contributed by atoms with van der Waals surface area (Å²) in [7, 11) is 0. The number of para-hydroxylation sites is 1. The molecule has 1 aliphatic heterocycles. The highest BCUT2D eigenvalue weighted by Gasteiger charge is 2.47. The van der Waals surface area contributed by atoms with Gasteiger partial charge in [0.1, 0.15) is 5.60 Å². The molecule has 2 rings (SSSR count). The van der Waals surface area contributed by atoms with Crippen molar-refractivity contribution in [3.8, 4) is 0 Å². The lowest BCUT2D eigenvalue weighted by Crippen LogP contribution is -2.66. The zero-order valence-electron chi connectivity index (χ0n) is 15.2. The third-order valence-corrected chi connectivity index (χ3v) is 4.37. The summed E-state index contributed by atoms with van der Waals surface area (Å²) < 4.78 is 5.56. The van der Waals surface area contributed by atoms with Gasteiger partial charge in [-0.15, -0.1) is 0 Å². The third-order valence-electron chi connectivity index (χ3n) is 4.37. The minimum absolute atomic E-state index is 0.157. The van der Waals surface area contributed by atoms with Crippen molar-refractivity contribution in [1.29, 1.82) is 0 Å². The van der Waals surface area contributed by atoms with Gasteiger partial charge in [0.15, 0.2) is 0 Å². The first-order valence-corrected chi connectivity index (χ1v) is 8.50. The number of carbonyl (C=O) groups is 1. The van der Waals surface area contributed by atoms with Gasteiger partial charge in [-0.25, -0.2) is 4.79 Å². The lowest BCUT2D eigenvalue weighted by molar-refractivity contribution is -0.0456. The number of amides is 1. The number of anilines is 1. The predicted octanol–water partition coefficient (Wildman–Crippen LogP) is 4.38. The molecule has 1 saturated heterocycles. The van der Waals surface area contributed by atoms with Gasteiger partial charge in [-0.1, -0.05) is 32.0 Å². The number of ether oxygens (including phenoxy) is 1. The first-order chi connectivity index (χ1) is 10.7. The molecule has 1 aromatic carbocycles. The Bertz CT molecular complexity index is 522. The Balaban J connectivity index is 2.08. The Labute approximate surface area is 140 Å². The van der Waals surface area contributed by atoms with Gasteiger partial charge < -0.3 is 15.0 Å². The van der Waals surface area contributed by atoms with Crippen molar-refractivity contribution in [3.05, 3.63) is 30.3 Å². The van der Waals surface area contributed by atoms with Crippen LogP contribution in [0.15, 0.2) is 30.3 Å². The number of nitrogens with zero attached hydrogens (tertiary/aromatic N) is 1. The van der Waals surface area contributed by atoms with Crippen LogP contribution in [0.2, 0.25) is 0 Å². The summed E-state index contributed by atoms with van der Waals surface area (Å²) in [6.07, 6.45) is -0.207. The molecule has 3 atom stereocenters. The van der Waals surface area contributed by atoms with Crippen molar-refractivity contribution in [2.45, 2.75) is 59.2 Å². The molecule has 0 bridgehead atoms. The molecule has 0 aliphatic carbocycles. The smallest absolute Gasteiger partial charge is 0.410 e. The maximum absolute atomic E-state index is 12.5. The van der Waals surface area contributed by atoms with Crippen molar-refractivity contribution >= 4 is 11.8 Å². The van der Waals surface area contributed by atoms with Crippen LogP contribution in [0.25, 0.3) is 0 Å². The molecule has 1 aromatic rings. The molecule has 0 saturated carbocycles. The lowest BCUT2D eigenvalue weighted by Gasteiger charge is -2.52. The number of nitrogens with one attached hydrogen (secondary N) is 1. The van der Waals surface area contributed by atoms with Crippen LogP contribution in [0.5, 0.6) is 0 Å². The van der Waals surface area contributed by atoms with Gasteiger partial charge in [0.25, 0.3) is 0 Å². The summed E-state index contributed by atoms with van der Waals surface area (Å²) in [6.45, 7) is 13.1. The molecule has 1 fully saturated rings. The maximum atomic E-state index is 12.5. The van der Waals surface area contributed by atoms with Crippen LogP contribution in [0.1, 0.15) is 41.5 Å². The second-order valence-corrected chi connectivity index (χ2v) is 7.83. The van der Waals surface area contributed by atoms with Crippen LogP contribution < -0.4 is 5.32 Å². The second kappa shape index (κ2) is 6.81. The molecule has 1 aliphatic rings. The average Bonchev–Trinajstić information content (AvgIpc) is 2.35. The van der Waals surface area contributed by atoms with Crippen molar-refractivity contribution in [2.75, 3.05) is 11.9 Å². The van der Waals surface area contributed by atoms with E-state index < -0.39 is 5.60 Å². The molecule has 1 heterocycles. The van der Waals surface area contributed by atoms with E-state index in [1.165, 1.54) is 0 Å². The summed E-state index contributed by atoms with van der Waals surface area (Å²) in [6, 6.07) is 10.5. The van der Waals surface area contributed by atoms with Gasteiger partial charge >= 0.3 is 6.09 Å². The van der Waals surface area contributed by atoms with E-state index in [9.17, 15) is 4.79 Å². The van der Waals surface area contributed by atoms with E-state index in [0.29, 0.717) is 11.8 Å². The summed E-state index contributed by atoms with van der Waals surface area (Å²) in [5.41, 5.74) is 0.624. The van der Waals surface area contributed by atoms with E-state index in [1.807, 2.05) is 43.9 Å². The summed E-state index contributed by atoms with van der Waals surface area (Å²) in [4.78, 5) is 14.3. The van der Waals surface area contributed by atoms with E-state index in [0.717, 1.165) is 12.2 Å². The van der Waals surface area contributed by atoms with Crippen molar-refractivity contribution in [2.24, 2.45) is 11.8 Å². The molecule has 4 heteroatoms. The van der Waals surface area contributed by atoms with Gasteiger partial charge in [-0.3, -0.25) is 0 Å². The van der Waals surface area contributed by atoms with Crippen LogP contribution in [0.3, 0.4) is 0 Å². The number of benzene rings is 1. The van der Waals surface area contributed by atoms with E-state index in [1.54, 1.807) is 0 Å². The van der Waals surface area contributed by atoms with Gasteiger partial charge in [0.05, 0.1) is 6.04 Å². The van der Waals surface area contributed by atoms with Crippen LogP contribution in [-0.2, 0) is 4.74 Å². The Kier molecular flexibility index (Phi) is 5.23. The average molecular weight is 318 g/mol. The molecular formula is C19H30N2O2. The zero-order valence-corrected chi connectivity index (χ0v) is 15.2. The number of hydrogen-bond acceptors (Lipinski definition) is 3. The number of likely N-dealkylation sites (tertiary alicyclic amines) is 1. The largest absolute Gasteiger partial charge is 0.444 e. The van der Waals surface area contributed by atoms with Crippen molar-refractivity contribution < 1.29 is 9.53 Å². The van der Waals surface area contributed by atoms with E-state index >= 15 is 0 Å². The first-order valence-electron chi connectivity index (χ1n) is 8.50. The molecule has 1 N–H and O–H groups in total. The molecule has 1 amide bonds. The fraction of sp³-hybridized carbons (Fsp3) is 0.632. The molecular weight excluding hydrogens is 288 g/mol. The quantitative estimate of drug-likeness (QED) is 0.896. The Morgan fingerprint density at radius 1 is 1.22 bits per heavy atom. The van der Waals surface area contributed by atoms with Gasteiger partial charge in [-0.2, -0.15) is 0 Å². The van der Waals surface area contributed by atoms with Gasteiger partial charge in [0.2, 0.25) is 0 Å². The minimum Gasteiger partial charge on any atom is -0.444 e. The molecule has 0 spiro atoms. The van der Waals surface area contributed by atoms with Crippen LogP contribution in [0.4, 0.5) is 10.5 Å². The van der Waals surface area contributed by atoms with Crippen LogP contribution in [0, 0.1) is 11.8 Å². The second-order valence-electron chi connectivity index (χ2n) is 7.83. The maximum Gasteiger partial charge on any atom is 0.410 e. The Morgan fingerprint density at radius 2 is 1.83 bits per heavy atom. The topological polar surface area (TPSA) is 41.6 Å². The first kappa shape index (κ1) is 17.6. The van der Waals surface area contributed by atoms with Crippen molar-refractivity contribution in [3.63, 3.8) is 0 Å². The molecule has 3 unspecified atom stereocenters. The highest BCUT2D eigenvalue weighted by Crippen LogP contribution is 2.35. The summed E-state index contributed by atoms with van der Waals surface area (Å²) >= 11 is 0.